The molecule has 21 heavy (non-hydrogen) atoms. The molecule has 6 atom stereocenters. The maximum atomic E-state index is 9.80. The lowest BCUT2D eigenvalue weighted by atomic mass is 9.99. The summed E-state index contributed by atoms with van der Waals surface area (Å²) >= 11 is 0. The summed E-state index contributed by atoms with van der Waals surface area (Å²) in [6.07, 6.45) is -0.393. The van der Waals surface area contributed by atoms with Crippen LogP contribution in [0.4, 0.5) is 0 Å². The Labute approximate surface area is 128 Å². The Morgan fingerprint density at radius 3 is 2.33 bits per heavy atom. The van der Waals surface area contributed by atoms with Gasteiger partial charge in [-0.3, -0.25) is 0 Å². The molecule has 2 unspecified atom stereocenters. The normalized spacial score (nSPS) is 35.5. The molecule has 1 heterocycles. The Morgan fingerprint density at radius 1 is 1.00 bits per heavy atom. The summed E-state index contributed by atoms with van der Waals surface area (Å²) in [5, 5.41) is 38.2. The van der Waals surface area contributed by atoms with Crippen LogP contribution >= 0.6 is 0 Å². The molecular formula is C15H30O6. The lowest BCUT2D eigenvalue weighted by Gasteiger charge is -2.39. The van der Waals surface area contributed by atoms with Crippen LogP contribution in [-0.4, -0.2) is 64.3 Å². The first kappa shape index (κ1) is 17.1. The van der Waals surface area contributed by atoms with Crippen LogP contribution in [0, 0.1) is 0 Å². The monoisotopic (exact) mass is 307 g/mol. The summed E-state index contributed by atoms with van der Waals surface area (Å²) in [5.74, 6) is 0. The number of ether oxygens (including phenoxy) is 2. The third-order valence-electron chi connectivity index (χ3n) is 3.74. The van der Waals surface area contributed by atoms with E-state index < -0.39 is 43.7 Å². The van der Waals surface area contributed by atoms with Crippen molar-refractivity contribution in [2.45, 2.75) is 82.6 Å². The van der Waals surface area contributed by atoms with E-state index in [9.17, 15) is 15.3 Å². The van der Waals surface area contributed by atoms with Crippen molar-refractivity contribution in [2.75, 3.05) is 13.2 Å². The molecule has 0 amide bonds. The zero-order chi connectivity index (χ0) is 16.5. The molecule has 1 aliphatic rings. The number of aliphatic hydroxyl groups is 4. The van der Waals surface area contributed by atoms with Crippen LogP contribution < -0.4 is 0 Å². The quantitative estimate of drug-likeness (QED) is 0.440. The van der Waals surface area contributed by atoms with Gasteiger partial charge in [-0.15, -0.1) is 0 Å². The predicted octanol–water partition coefficient (Wildman–Crippen LogP) is 0.553. The molecule has 0 aliphatic carbocycles. The molecule has 0 bridgehead atoms. The number of rotatable bonds is 10. The van der Waals surface area contributed by atoms with Gasteiger partial charge in [-0.25, -0.2) is 0 Å². The molecule has 126 valence electrons. The maximum Gasteiger partial charge on any atom is 0.186 e. The number of unbranched alkanes of at least 4 members (excludes halogenated alkanes) is 4. The van der Waals surface area contributed by atoms with Gasteiger partial charge in [0.15, 0.2) is 6.29 Å². The van der Waals surface area contributed by atoms with E-state index in [1.165, 1.54) is 19.3 Å². The van der Waals surface area contributed by atoms with Crippen molar-refractivity contribution in [3.63, 3.8) is 0 Å². The van der Waals surface area contributed by atoms with E-state index >= 15 is 0 Å². The van der Waals surface area contributed by atoms with E-state index in [1.54, 1.807) is 0 Å². The first-order chi connectivity index (χ1) is 10.5. The third kappa shape index (κ3) is 6.18. The molecule has 6 heteroatoms. The van der Waals surface area contributed by atoms with Gasteiger partial charge in [0.2, 0.25) is 0 Å². The predicted molar refractivity (Wildman–Crippen MR) is 77.7 cm³/mol. The van der Waals surface area contributed by atoms with Crippen molar-refractivity contribution in [3.8, 4) is 0 Å². The third-order valence-corrected chi connectivity index (χ3v) is 3.74. The molecule has 6 nitrogen and oxygen atoms in total. The highest BCUT2D eigenvalue weighted by molar-refractivity contribution is 4.88. The standard InChI is InChI=1S/C15H30O6/c1-2-3-4-5-6-7-8-9-20-15-14(19)13(18)12(17)11(10-16)21-15/h11-19H,2-10H2,1H3/t11-,12-,13+,14-,15?/m1/s1/i8D/t8?,11-,12-,13+,14-,15?. The molecule has 1 saturated heterocycles. The summed E-state index contributed by atoms with van der Waals surface area (Å²) in [7, 11) is 0. The molecule has 4 N–H and O–H groups in total. The average Bonchev–Trinajstić information content (AvgIpc) is 2.52. The van der Waals surface area contributed by atoms with Crippen molar-refractivity contribution < 1.29 is 31.3 Å². The Balaban J connectivity index is 2.27. The van der Waals surface area contributed by atoms with Crippen LogP contribution in [0.1, 0.15) is 53.2 Å². The summed E-state index contributed by atoms with van der Waals surface area (Å²) in [5.41, 5.74) is 0. The fraction of sp³-hybridized carbons (Fsp3) is 1.00. The van der Waals surface area contributed by atoms with Crippen LogP contribution in [0.5, 0.6) is 0 Å². The summed E-state index contributed by atoms with van der Waals surface area (Å²) in [6, 6.07) is 0. The van der Waals surface area contributed by atoms with Gasteiger partial charge in [0.1, 0.15) is 24.4 Å². The molecule has 0 spiro atoms. The van der Waals surface area contributed by atoms with Crippen molar-refractivity contribution in [2.24, 2.45) is 0 Å². The van der Waals surface area contributed by atoms with Crippen LogP contribution in [0.2, 0.25) is 0 Å². The van der Waals surface area contributed by atoms with Crippen LogP contribution in [0.25, 0.3) is 0 Å². The first-order valence-electron chi connectivity index (χ1n) is 8.43. The van der Waals surface area contributed by atoms with Gasteiger partial charge in [-0.1, -0.05) is 45.4 Å². The Bertz CT molecular complexity index is 291. The van der Waals surface area contributed by atoms with E-state index in [0.29, 0.717) is 6.42 Å². The van der Waals surface area contributed by atoms with Gasteiger partial charge in [-0.05, 0) is 6.40 Å². The minimum atomic E-state index is -1.44. The van der Waals surface area contributed by atoms with Gasteiger partial charge in [0.05, 0.1) is 6.61 Å². The highest BCUT2D eigenvalue weighted by Crippen LogP contribution is 2.22. The topological polar surface area (TPSA) is 99.4 Å². The number of hydrogen-bond donors (Lipinski definition) is 4. The maximum absolute atomic E-state index is 9.80. The zero-order valence-corrected chi connectivity index (χ0v) is 12.7. The van der Waals surface area contributed by atoms with Gasteiger partial charge in [0.25, 0.3) is 0 Å². The molecule has 0 aromatic rings. The zero-order valence-electron chi connectivity index (χ0n) is 13.7. The Hall–Kier alpha value is -0.240. The number of aliphatic hydroxyl groups excluding tert-OH is 4. The highest BCUT2D eigenvalue weighted by atomic mass is 16.7. The lowest BCUT2D eigenvalue weighted by Crippen LogP contribution is -2.59. The molecule has 0 aromatic heterocycles. The fourth-order valence-electron chi connectivity index (χ4n) is 2.34. The van der Waals surface area contributed by atoms with Gasteiger partial charge in [0, 0.05) is 7.98 Å². The second kappa shape index (κ2) is 10.5. The van der Waals surface area contributed by atoms with Crippen LogP contribution in [0.15, 0.2) is 0 Å². The molecular weight excluding hydrogens is 276 g/mol. The van der Waals surface area contributed by atoms with E-state index in [1.807, 2.05) is 0 Å². The Morgan fingerprint density at radius 2 is 1.67 bits per heavy atom. The van der Waals surface area contributed by atoms with Gasteiger partial charge >= 0.3 is 0 Å². The lowest BCUT2D eigenvalue weighted by molar-refractivity contribution is -0.301. The molecule has 1 aliphatic heterocycles. The minimum absolute atomic E-state index is 0.0798. The summed E-state index contributed by atoms with van der Waals surface area (Å²) in [6.45, 7) is 1.75. The van der Waals surface area contributed by atoms with E-state index in [2.05, 4.69) is 6.92 Å². The van der Waals surface area contributed by atoms with Crippen molar-refractivity contribution >= 4 is 0 Å². The molecule has 1 rings (SSSR count). The smallest absolute Gasteiger partial charge is 0.186 e. The second-order valence-electron chi connectivity index (χ2n) is 5.52. The average molecular weight is 307 g/mol. The molecule has 0 radical (unpaired) electrons. The van der Waals surface area contributed by atoms with Crippen molar-refractivity contribution in [1.29, 1.82) is 0 Å². The SMILES string of the molecule is [2H]C(CCCCCCC)COC1O[C@H](CO)[C@@H](O)[C@H](O)[C@H]1O. The van der Waals surface area contributed by atoms with Gasteiger partial charge in [-0.2, -0.15) is 0 Å². The molecule has 0 aromatic carbocycles. The second-order valence-corrected chi connectivity index (χ2v) is 5.52. The van der Waals surface area contributed by atoms with E-state index in [-0.39, 0.29) is 6.61 Å². The minimum Gasteiger partial charge on any atom is -0.394 e. The summed E-state index contributed by atoms with van der Waals surface area (Å²) in [4.78, 5) is 0. The van der Waals surface area contributed by atoms with E-state index in [4.69, 9.17) is 16.0 Å². The first-order valence-corrected chi connectivity index (χ1v) is 7.85. The van der Waals surface area contributed by atoms with Crippen molar-refractivity contribution in [1.82, 2.24) is 0 Å². The fourth-order valence-corrected chi connectivity index (χ4v) is 2.34. The van der Waals surface area contributed by atoms with Crippen molar-refractivity contribution in [3.05, 3.63) is 0 Å². The van der Waals surface area contributed by atoms with Gasteiger partial charge < -0.3 is 29.9 Å². The summed E-state index contributed by atoms with van der Waals surface area (Å²) < 4.78 is 18.5. The highest BCUT2D eigenvalue weighted by Gasteiger charge is 2.43. The van der Waals surface area contributed by atoms with Crippen LogP contribution in [-0.2, 0) is 9.47 Å². The molecule has 1 fully saturated rings. The van der Waals surface area contributed by atoms with Crippen LogP contribution in [0.3, 0.4) is 0 Å². The largest absolute Gasteiger partial charge is 0.394 e. The molecule has 0 saturated carbocycles. The van der Waals surface area contributed by atoms with E-state index in [0.717, 1.165) is 12.8 Å². The number of hydrogen-bond acceptors (Lipinski definition) is 6. The Kier molecular flexibility index (Phi) is 8.54.